The van der Waals surface area contributed by atoms with Crippen molar-refractivity contribution in [3.05, 3.63) is 0 Å². The molecule has 0 aliphatic carbocycles. The molecule has 0 aromatic carbocycles. The quantitative estimate of drug-likeness (QED) is 0.818. The van der Waals surface area contributed by atoms with Gasteiger partial charge in [-0.1, -0.05) is 26.7 Å². The predicted molar refractivity (Wildman–Crippen MR) is 71.6 cm³/mol. The van der Waals surface area contributed by atoms with Crippen molar-refractivity contribution in [2.75, 3.05) is 18.8 Å². The van der Waals surface area contributed by atoms with E-state index in [4.69, 9.17) is 0 Å². The third-order valence-corrected chi connectivity index (χ3v) is 5.24. The zero-order valence-corrected chi connectivity index (χ0v) is 12.1. The molecule has 1 heterocycles. The molecule has 1 atom stereocenters. The lowest BCUT2D eigenvalue weighted by atomic mass is 10.1. The summed E-state index contributed by atoms with van der Waals surface area (Å²) >= 11 is 0. The summed E-state index contributed by atoms with van der Waals surface area (Å²) in [6.07, 6.45) is 4.30. The minimum atomic E-state index is -3.08. The van der Waals surface area contributed by atoms with Crippen molar-refractivity contribution in [3.8, 4) is 0 Å². The lowest BCUT2D eigenvalue weighted by molar-refractivity contribution is 0.341. The van der Waals surface area contributed by atoms with Gasteiger partial charge in [0, 0.05) is 25.2 Å². The van der Waals surface area contributed by atoms with Gasteiger partial charge in [-0.25, -0.2) is 8.42 Å². The first kappa shape index (κ1) is 14.9. The van der Waals surface area contributed by atoms with Crippen molar-refractivity contribution >= 4 is 10.0 Å². The van der Waals surface area contributed by atoms with E-state index in [1.807, 2.05) is 20.8 Å². The van der Waals surface area contributed by atoms with E-state index in [2.05, 4.69) is 5.32 Å². The topological polar surface area (TPSA) is 49.4 Å². The maximum absolute atomic E-state index is 12.2. The molecule has 1 rings (SSSR count). The molecular formula is C12H26N2O2S. The lowest BCUT2D eigenvalue weighted by Gasteiger charge is -2.26. The van der Waals surface area contributed by atoms with Gasteiger partial charge in [-0.3, -0.25) is 0 Å². The Labute approximate surface area is 106 Å². The van der Waals surface area contributed by atoms with Gasteiger partial charge in [-0.05, 0) is 19.8 Å². The summed E-state index contributed by atoms with van der Waals surface area (Å²) in [6.45, 7) is 7.33. The van der Waals surface area contributed by atoms with Crippen LogP contribution in [0, 0.1) is 0 Å². The maximum atomic E-state index is 12.2. The van der Waals surface area contributed by atoms with Gasteiger partial charge in [0.1, 0.15) is 0 Å². The minimum Gasteiger partial charge on any atom is -0.313 e. The third kappa shape index (κ3) is 4.94. The van der Waals surface area contributed by atoms with Crippen LogP contribution in [0.2, 0.25) is 0 Å². The van der Waals surface area contributed by atoms with Crippen LogP contribution in [0.5, 0.6) is 0 Å². The molecule has 1 fully saturated rings. The molecule has 17 heavy (non-hydrogen) atoms. The van der Waals surface area contributed by atoms with Crippen LogP contribution in [0.1, 0.15) is 46.5 Å². The number of rotatable bonds is 5. The molecule has 4 nitrogen and oxygen atoms in total. The predicted octanol–water partition coefficient (Wildman–Crippen LogP) is 1.58. The van der Waals surface area contributed by atoms with Gasteiger partial charge < -0.3 is 5.32 Å². The van der Waals surface area contributed by atoms with Crippen molar-refractivity contribution in [3.63, 3.8) is 0 Å². The van der Waals surface area contributed by atoms with E-state index in [0.29, 0.717) is 19.1 Å². The Hall–Kier alpha value is -0.130. The van der Waals surface area contributed by atoms with Crippen molar-refractivity contribution < 1.29 is 8.42 Å². The summed E-state index contributed by atoms with van der Waals surface area (Å²) in [4.78, 5) is 0. The van der Waals surface area contributed by atoms with Gasteiger partial charge >= 0.3 is 0 Å². The van der Waals surface area contributed by atoms with E-state index in [0.717, 1.165) is 25.7 Å². The van der Waals surface area contributed by atoms with Crippen LogP contribution in [0.15, 0.2) is 0 Å². The molecule has 5 heteroatoms. The zero-order valence-electron chi connectivity index (χ0n) is 11.3. The molecule has 0 amide bonds. The monoisotopic (exact) mass is 262 g/mol. The highest BCUT2D eigenvalue weighted by atomic mass is 32.2. The average Bonchev–Trinajstić information content (AvgIpc) is 2.42. The highest BCUT2D eigenvalue weighted by Gasteiger charge is 2.27. The first-order valence-electron chi connectivity index (χ1n) is 6.66. The standard InChI is InChI=1S/C12H26N2O2S/c1-11(2)13-8-10-17(15,16)14-9-6-4-5-7-12(14)3/h11-13H,4-10H2,1-3H3. The molecule has 102 valence electrons. The molecule has 1 aliphatic heterocycles. The van der Waals surface area contributed by atoms with E-state index in [9.17, 15) is 8.42 Å². The number of nitrogens with one attached hydrogen (secondary N) is 1. The number of sulfonamides is 1. The van der Waals surface area contributed by atoms with Crippen LogP contribution in [-0.4, -0.2) is 43.6 Å². The molecule has 0 aromatic rings. The van der Waals surface area contributed by atoms with Crippen LogP contribution >= 0.6 is 0 Å². The summed E-state index contributed by atoms with van der Waals surface area (Å²) in [5.74, 6) is 0.218. The van der Waals surface area contributed by atoms with Crippen LogP contribution in [0.4, 0.5) is 0 Å². The Bertz CT molecular complexity index is 314. The Morgan fingerprint density at radius 1 is 1.29 bits per heavy atom. The van der Waals surface area contributed by atoms with Gasteiger partial charge in [0.2, 0.25) is 10.0 Å². The van der Waals surface area contributed by atoms with Crippen LogP contribution in [-0.2, 0) is 10.0 Å². The van der Waals surface area contributed by atoms with E-state index >= 15 is 0 Å². The van der Waals surface area contributed by atoms with Gasteiger partial charge in [0.05, 0.1) is 5.75 Å². The normalized spacial score (nSPS) is 23.9. The second-order valence-electron chi connectivity index (χ2n) is 5.23. The van der Waals surface area contributed by atoms with Crippen LogP contribution in [0.3, 0.4) is 0 Å². The average molecular weight is 262 g/mol. The SMILES string of the molecule is CC(C)NCCS(=O)(=O)N1CCCCCC1C. The van der Waals surface area contributed by atoms with Crippen molar-refractivity contribution in [1.29, 1.82) is 0 Å². The van der Waals surface area contributed by atoms with Crippen LogP contribution in [0.25, 0.3) is 0 Å². The van der Waals surface area contributed by atoms with Gasteiger partial charge in [0.15, 0.2) is 0 Å². The summed E-state index contributed by atoms with van der Waals surface area (Å²) < 4.78 is 26.1. The van der Waals surface area contributed by atoms with E-state index < -0.39 is 10.0 Å². The Morgan fingerprint density at radius 3 is 2.65 bits per heavy atom. The summed E-state index contributed by atoms with van der Waals surface area (Å²) in [5.41, 5.74) is 0. The molecule has 1 aliphatic rings. The molecular weight excluding hydrogens is 236 g/mol. The Balaban J connectivity index is 2.54. The fourth-order valence-electron chi connectivity index (χ4n) is 2.26. The van der Waals surface area contributed by atoms with Gasteiger partial charge in [-0.2, -0.15) is 4.31 Å². The molecule has 1 saturated heterocycles. The maximum Gasteiger partial charge on any atom is 0.215 e. The number of hydrogen-bond acceptors (Lipinski definition) is 3. The minimum absolute atomic E-state index is 0.168. The first-order valence-corrected chi connectivity index (χ1v) is 8.27. The summed E-state index contributed by atoms with van der Waals surface area (Å²) in [7, 11) is -3.08. The second kappa shape index (κ2) is 6.71. The second-order valence-corrected chi connectivity index (χ2v) is 7.28. The fourth-order valence-corrected chi connectivity index (χ4v) is 3.93. The molecule has 1 unspecified atom stereocenters. The smallest absolute Gasteiger partial charge is 0.215 e. The van der Waals surface area contributed by atoms with Gasteiger partial charge in [0.25, 0.3) is 0 Å². The molecule has 0 saturated carbocycles. The molecule has 0 aromatic heterocycles. The molecule has 1 N–H and O–H groups in total. The van der Waals surface area contributed by atoms with E-state index in [-0.39, 0.29) is 11.8 Å². The van der Waals surface area contributed by atoms with Gasteiger partial charge in [-0.15, -0.1) is 0 Å². The first-order chi connectivity index (χ1) is 7.93. The highest BCUT2D eigenvalue weighted by molar-refractivity contribution is 7.89. The molecule has 0 radical (unpaired) electrons. The van der Waals surface area contributed by atoms with E-state index in [1.54, 1.807) is 4.31 Å². The molecule has 0 spiro atoms. The summed E-state index contributed by atoms with van der Waals surface area (Å²) in [5, 5.41) is 3.17. The lowest BCUT2D eigenvalue weighted by Crippen LogP contribution is -2.42. The number of hydrogen-bond donors (Lipinski definition) is 1. The third-order valence-electron chi connectivity index (χ3n) is 3.26. The summed E-state index contributed by atoms with van der Waals surface area (Å²) in [6, 6.07) is 0.508. The number of nitrogens with zero attached hydrogens (tertiary/aromatic N) is 1. The van der Waals surface area contributed by atoms with Crippen molar-refractivity contribution in [2.24, 2.45) is 0 Å². The Kier molecular flexibility index (Phi) is 5.89. The highest BCUT2D eigenvalue weighted by Crippen LogP contribution is 2.19. The van der Waals surface area contributed by atoms with Crippen molar-refractivity contribution in [2.45, 2.75) is 58.5 Å². The van der Waals surface area contributed by atoms with Crippen LogP contribution < -0.4 is 5.32 Å². The van der Waals surface area contributed by atoms with Crippen molar-refractivity contribution in [1.82, 2.24) is 9.62 Å². The fraction of sp³-hybridized carbons (Fsp3) is 1.00. The van der Waals surface area contributed by atoms with E-state index in [1.165, 1.54) is 0 Å². The Morgan fingerprint density at radius 2 is 2.00 bits per heavy atom. The molecule has 0 bridgehead atoms. The largest absolute Gasteiger partial charge is 0.313 e. The zero-order chi connectivity index (χ0) is 12.9.